The monoisotopic (exact) mass is 301 g/mol. The number of fused-ring (bicyclic) bond motifs is 2. The Balaban J connectivity index is 1.42. The van der Waals surface area contributed by atoms with Crippen LogP contribution in [0.25, 0.3) is 0 Å². The van der Waals surface area contributed by atoms with E-state index >= 15 is 0 Å². The molecule has 5 nitrogen and oxygen atoms in total. The average Bonchev–Trinajstić information content (AvgIpc) is 3.14. The van der Waals surface area contributed by atoms with Gasteiger partial charge < -0.3 is 15.2 Å². The molecule has 0 aliphatic heterocycles. The first-order chi connectivity index (χ1) is 10.6. The molecule has 1 aromatic rings. The smallest absolute Gasteiger partial charge is 0.335 e. The maximum atomic E-state index is 12.1. The number of hydrogen-bond donors (Lipinski definition) is 2. The molecule has 0 spiro atoms. The summed E-state index contributed by atoms with van der Waals surface area (Å²) < 4.78 is 5.48. The zero-order valence-electron chi connectivity index (χ0n) is 12.2. The van der Waals surface area contributed by atoms with Gasteiger partial charge in [0.2, 0.25) is 5.91 Å². The van der Waals surface area contributed by atoms with E-state index in [9.17, 15) is 9.59 Å². The fourth-order valence-electron chi connectivity index (χ4n) is 3.28. The number of carbonyl (C=O) groups excluding carboxylic acids is 1. The van der Waals surface area contributed by atoms with Gasteiger partial charge in [-0.15, -0.1) is 0 Å². The molecule has 1 saturated carbocycles. The minimum atomic E-state index is -0.983. The Bertz CT molecular complexity index is 610. The largest absolute Gasteiger partial charge is 0.492 e. The van der Waals surface area contributed by atoms with Gasteiger partial charge in [-0.25, -0.2) is 4.79 Å². The van der Waals surface area contributed by atoms with Crippen molar-refractivity contribution >= 4 is 11.9 Å². The van der Waals surface area contributed by atoms with Crippen molar-refractivity contribution in [1.82, 2.24) is 5.32 Å². The normalized spacial score (nSPS) is 25.2. The number of amides is 1. The molecule has 1 amide bonds. The molecule has 22 heavy (non-hydrogen) atoms. The molecule has 0 unspecified atom stereocenters. The van der Waals surface area contributed by atoms with Crippen molar-refractivity contribution in [2.45, 2.75) is 12.8 Å². The minimum Gasteiger partial charge on any atom is -0.492 e. The van der Waals surface area contributed by atoms with Crippen LogP contribution in [-0.4, -0.2) is 30.1 Å². The quantitative estimate of drug-likeness (QED) is 0.623. The second kappa shape index (κ2) is 6.22. The van der Waals surface area contributed by atoms with Gasteiger partial charge in [-0.05, 0) is 42.9 Å². The Morgan fingerprint density at radius 3 is 2.82 bits per heavy atom. The predicted octanol–water partition coefficient (Wildman–Crippen LogP) is 2.09. The third-order valence-corrected chi connectivity index (χ3v) is 4.37. The second-order valence-electron chi connectivity index (χ2n) is 5.86. The van der Waals surface area contributed by atoms with Gasteiger partial charge in [0.25, 0.3) is 0 Å². The summed E-state index contributed by atoms with van der Waals surface area (Å²) in [6.45, 7) is 0.749. The Kier molecular flexibility index (Phi) is 4.13. The van der Waals surface area contributed by atoms with E-state index in [4.69, 9.17) is 9.84 Å². The predicted molar refractivity (Wildman–Crippen MR) is 80.8 cm³/mol. The van der Waals surface area contributed by atoms with Gasteiger partial charge in [-0.2, -0.15) is 0 Å². The number of allylic oxidation sites excluding steroid dienone is 2. The zero-order chi connectivity index (χ0) is 15.5. The van der Waals surface area contributed by atoms with Crippen molar-refractivity contribution in [2.24, 2.45) is 17.8 Å². The second-order valence-corrected chi connectivity index (χ2v) is 5.86. The molecule has 116 valence electrons. The van der Waals surface area contributed by atoms with E-state index in [1.165, 1.54) is 12.1 Å². The summed E-state index contributed by atoms with van der Waals surface area (Å²) in [5.74, 6) is 0.694. The van der Waals surface area contributed by atoms with E-state index in [1.807, 2.05) is 0 Å². The highest BCUT2D eigenvalue weighted by molar-refractivity contribution is 5.88. The molecule has 2 aliphatic rings. The first-order valence-corrected chi connectivity index (χ1v) is 7.55. The Hall–Kier alpha value is -2.30. The molecule has 2 aliphatic carbocycles. The highest BCUT2D eigenvalue weighted by Gasteiger charge is 2.39. The van der Waals surface area contributed by atoms with E-state index in [0.717, 1.165) is 12.8 Å². The number of aromatic carboxylic acids is 1. The van der Waals surface area contributed by atoms with Crippen molar-refractivity contribution < 1.29 is 19.4 Å². The SMILES string of the molecule is O=C(O)c1cccc(OCCNC(=O)[C@H]2C[C@@H]3C=C[C@H]2C3)c1. The van der Waals surface area contributed by atoms with Crippen LogP contribution in [0, 0.1) is 17.8 Å². The summed E-state index contributed by atoms with van der Waals surface area (Å²) in [6.07, 6.45) is 6.43. The molecule has 2 bridgehead atoms. The number of ether oxygens (including phenoxy) is 1. The first kappa shape index (κ1) is 14.6. The van der Waals surface area contributed by atoms with Crippen molar-refractivity contribution in [3.63, 3.8) is 0 Å². The van der Waals surface area contributed by atoms with E-state index in [0.29, 0.717) is 30.7 Å². The molecule has 3 rings (SSSR count). The maximum absolute atomic E-state index is 12.1. The van der Waals surface area contributed by atoms with E-state index in [-0.39, 0.29) is 17.4 Å². The Morgan fingerprint density at radius 2 is 2.14 bits per heavy atom. The lowest BCUT2D eigenvalue weighted by molar-refractivity contribution is -0.125. The van der Waals surface area contributed by atoms with Gasteiger partial charge in [0, 0.05) is 5.92 Å². The van der Waals surface area contributed by atoms with Crippen LogP contribution in [-0.2, 0) is 4.79 Å². The standard InChI is InChI=1S/C17H19NO4/c19-16(15-9-11-4-5-12(15)8-11)18-6-7-22-14-3-1-2-13(10-14)17(20)21/h1-5,10-12,15H,6-9H2,(H,18,19)(H,20,21)/t11-,12+,15+/m1/s1. The molecule has 0 radical (unpaired) electrons. The van der Waals surface area contributed by atoms with Gasteiger partial charge in [-0.1, -0.05) is 18.2 Å². The van der Waals surface area contributed by atoms with Crippen LogP contribution in [0.4, 0.5) is 0 Å². The van der Waals surface area contributed by atoms with Crippen molar-refractivity contribution in [2.75, 3.05) is 13.2 Å². The summed E-state index contributed by atoms with van der Waals surface area (Å²) in [5.41, 5.74) is 0.190. The minimum absolute atomic E-state index is 0.0970. The summed E-state index contributed by atoms with van der Waals surface area (Å²) >= 11 is 0. The van der Waals surface area contributed by atoms with Crippen LogP contribution in [0.2, 0.25) is 0 Å². The van der Waals surface area contributed by atoms with E-state index < -0.39 is 5.97 Å². The maximum Gasteiger partial charge on any atom is 0.335 e. The molecular formula is C17H19NO4. The average molecular weight is 301 g/mol. The zero-order valence-corrected chi connectivity index (χ0v) is 12.2. The number of carboxylic acid groups (broad SMARTS) is 1. The van der Waals surface area contributed by atoms with Crippen LogP contribution in [0.15, 0.2) is 36.4 Å². The number of hydrogen-bond acceptors (Lipinski definition) is 3. The highest BCUT2D eigenvalue weighted by atomic mass is 16.5. The third kappa shape index (κ3) is 3.13. The van der Waals surface area contributed by atoms with Crippen molar-refractivity contribution in [3.05, 3.63) is 42.0 Å². The summed E-state index contributed by atoms with van der Waals surface area (Å²) in [4.78, 5) is 23.0. The number of carbonyl (C=O) groups is 2. The van der Waals surface area contributed by atoms with Gasteiger partial charge in [0.15, 0.2) is 0 Å². The fourth-order valence-corrected chi connectivity index (χ4v) is 3.28. The summed E-state index contributed by atoms with van der Waals surface area (Å²) in [6, 6.07) is 6.33. The summed E-state index contributed by atoms with van der Waals surface area (Å²) in [7, 11) is 0. The Morgan fingerprint density at radius 1 is 1.27 bits per heavy atom. The van der Waals surface area contributed by atoms with Crippen LogP contribution in [0.3, 0.4) is 0 Å². The van der Waals surface area contributed by atoms with Gasteiger partial charge in [0.1, 0.15) is 12.4 Å². The number of rotatable bonds is 6. The lowest BCUT2D eigenvalue weighted by Gasteiger charge is -2.17. The molecule has 1 aromatic carbocycles. The lowest BCUT2D eigenvalue weighted by atomic mass is 9.93. The van der Waals surface area contributed by atoms with Gasteiger partial charge in [0.05, 0.1) is 12.1 Å². The fraction of sp³-hybridized carbons (Fsp3) is 0.412. The molecule has 0 saturated heterocycles. The van der Waals surface area contributed by atoms with Gasteiger partial charge in [-0.3, -0.25) is 4.79 Å². The topological polar surface area (TPSA) is 75.6 Å². The van der Waals surface area contributed by atoms with E-state index in [2.05, 4.69) is 17.5 Å². The molecule has 5 heteroatoms. The van der Waals surface area contributed by atoms with Crippen molar-refractivity contribution in [1.29, 1.82) is 0 Å². The van der Waals surface area contributed by atoms with Gasteiger partial charge >= 0.3 is 5.97 Å². The van der Waals surface area contributed by atoms with Crippen molar-refractivity contribution in [3.8, 4) is 5.75 Å². The molecule has 3 atom stereocenters. The third-order valence-electron chi connectivity index (χ3n) is 4.37. The summed E-state index contributed by atoms with van der Waals surface area (Å²) in [5, 5.41) is 11.8. The molecular weight excluding hydrogens is 282 g/mol. The first-order valence-electron chi connectivity index (χ1n) is 7.55. The van der Waals surface area contributed by atoms with Crippen LogP contribution < -0.4 is 10.1 Å². The highest BCUT2D eigenvalue weighted by Crippen LogP contribution is 2.43. The molecule has 0 heterocycles. The van der Waals surface area contributed by atoms with Crippen LogP contribution in [0.1, 0.15) is 23.2 Å². The number of benzene rings is 1. The van der Waals surface area contributed by atoms with E-state index in [1.54, 1.807) is 12.1 Å². The lowest BCUT2D eigenvalue weighted by Crippen LogP contribution is -2.35. The number of nitrogens with one attached hydrogen (secondary N) is 1. The molecule has 1 fully saturated rings. The molecule has 0 aromatic heterocycles. The number of carboxylic acids is 1. The Labute approximate surface area is 129 Å². The van der Waals surface area contributed by atoms with Crippen LogP contribution in [0.5, 0.6) is 5.75 Å². The van der Waals surface area contributed by atoms with Crippen LogP contribution >= 0.6 is 0 Å². The molecule has 2 N–H and O–H groups in total.